The fourth-order valence-corrected chi connectivity index (χ4v) is 1.10. The highest BCUT2D eigenvalue weighted by Crippen LogP contribution is 2.23. The van der Waals surface area contributed by atoms with E-state index in [1.165, 1.54) is 0 Å². The molecule has 11 heavy (non-hydrogen) atoms. The molecular weight excluding hydrogens is 162 g/mol. The SMILES string of the molecule is CC1COC(C(C)(C)C)N1.Cl. The van der Waals surface area contributed by atoms with Gasteiger partial charge in [0.15, 0.2) is 0 Å². The van der Waals surface area contributed by atoms with Gasteiger partial charge in [-0.05, 0) is 6.92 Å². The van der Waals surface area contributed by atoms with E-state index in [0.717, 1.165) is 6.61 Å². The van der Waals surface area contributed by atoms with Crippen LogP contribution >= 0.6 is 12.4 Å². The van der Waals surface area contributed by atoms with Crippen LogP contribution in [0.2, 0.25) is 0 Å². The third-order valence-corrected chi connectivity index (χ3v) is 1.74. The van der Waals surface area contributed by atoms with Gasteiger partial charge in [-0.25, -0.2) is 0 Å². The van der Waals surface area contributed by atoms with E-state index in [9.17, 15) is 0 Å². The lowest BCUT2D eigenvalue weighted by Crippen LogP contribution is -2.38. The molecular formula is C8H18ClNO. The molecule has 2 atom stereocenters. The lowest BCUT2D eigenvalue weighted by molar-refractivity contribution is 0.0173. The van der Waals surface area contributed by atoms with Crippen molar-refractivity contribution < 1.29 is 4.74 Å². The molecule has 1 fully saturated rings. The van der Waals surface area contributed by atoms with Crippen molar-refractivity contribution in [3.8, 4) is 0 Å². The molecule has 0 amide bonds. The van der Waals surface area contributed by atoms with E-state index in [0.29, 0.717) is 6.04 Å². The number of hydrogen-bond donors (Lipinski definition) is 1. The summed E-state index contributed by atoms with van der Waals surface area (Å²) in [6, 6.07) is 0.518. The van der Waals surface area contributed by atoms with Crippen molar-refractivity contribution >= 4 is 12.4 Å². The van der Waals surface area contributed by atoms with Crippen LogP contribution in [0.5, 0.6) is 0 Å². The van der Waals surface area contributed by atoms with E-state index in [-0.39, 0.29) is 24.0 Å². The highest BCUT2D eigenvalue weighted by Gasteiger charge is 2.31. The fourth-order valence-electron chi connectivity index (χ4n) is 1.10. The maximum absolute atomic E-state index is 5.52. The van der Waals surface area contributed by atoms with Gasteiger partial charge in [-0.2, -0.15) is 0 Å². The summed E-state index contributed by atoms with van der Waals surface area (Å²) in [5.41, 5.74) is 0.227. The average molecular weight is 180 g/mol. The number of ether oxygens (including phenoxy) is 1. The second kappa shape index (κ2) is 3.74. The Morgan fingerprint density at radius 1 is 1.36 bits per heavy atom. The number of halogens is 1. The van der Waals surface area contributed by atoms with Crippen LogP contribution in [-0.4, -0.2) is 18.9 Å². The predicted molar refractivity (Wildman–Crippen MR) is 49.0 cm³/mol. The van der Waals surface area contributed by atoms with Gasteiger partial charge in [0, 0.05) is 11.5 Å². The zero-order valence-corrected chi connectivity index (χ0v) is 8.49. The third kappa shape index (κ3) is 2.97. The van der Waals surface area contributed by atoms with Gasteiger partial charge in [0.1, 0.15) is 6.23 Å². The number of nitrogens with one attached hydrogen (secondary N) is 1. The summed E-state index contributed by atoms with van der Waals surface area (Å²) in [5, 5.41) is 3.37. The van der Waals surface area contributed by atoms with Crippen LogP contribution in [0.1, 0.15) is 27.7 Å². The second-order valence-corrected chi connectivity index (χ2v) is 4.15. The molecule has 0 spiro atoms. The summed E-state index contributed by atoms with van der Waals surface area (Å²) >= 11 is 0. The molecule has 0 aliphatic carbocycles. The highest BCUT2D eigenvalue weighted by molar-refractivity contribution is 5.85. The number of rotatable bonds is 0. The first-order valence-electron chi connectivity index (χ1n) is 3.88. The van der Waals surface area contributed by atoms with Crippen LogP contribution in [-0.2, 0) is 4.74 Å². The third-order valence-electron chi connectivity index (χ3n) is 1.74. The molecule has 0 aromatic heterocycles. The first kappa shape index (κ1) is 11.2. The van der Waals surface area contributed by atoms with Gasteiger partial charge in [-0.15, -0.1) is 12.4 Å². The molecule has 2 nitrogen and oxygen atoms in total. The van der Waals surface area contributed by atoms with Crippen LogP contribution < -0.4 is 5.32 Å². The van der Waals surface area contributed by atoms with Crippen molar-refractivity contribution in [1.82, 2.24) is 5.32 Å². The largest absolute Gasteiger partial charge is 0.361 e. The zero-order valence-electron chi connectivity index (χ0n) is 7.68. The average Bonchev–Trinajstić information content (AvgIpc) is 2.11. The minimum Gasteiger partial charge on any atom is -0.361 e. The topological polar surface area (TPSA) is 21.3 Å². The lowest BCUT2D eigenvalue weighted by Gasteiger charge is -2.25. The summed E-state index contributed by atoms with van der Waals surface area (Å²) in [7, 11) is 0. The van der Waals surface area contributed by atoms with E-state index in [2.05, 4.69) is 33.0 Å². The lowest BCUT2D eigenvalue weighted by atomic mass is 9.94. The molecule has 0 aromatic carbocycles. The summed E-state index contributed by atoms with van der Waals surface area (Å²) in [4.78, 5) is 0. The maximum Gasteiger partial charge on any atom is 0.113 e. The van der Waals surface area contributed by atoms with Crippen LogP contribution in [0.25, 0.3) is 0 Å². The van der Waals surface area contributed by atoms with E-state index in [1.54, 1.807) is 0 Å². The molecule has 1 heterocycles. The van der Waals surface area contributed by atoms with E-state index >= 15 is 0 Å². The maximum atomic E-state index is 5.52. The molecule has 68 valence electrons. The zero-order chi connectivity index (χ0) is 7.78. The molecule has 0 aromatic rings. The molecule has 1 saturated heterocycles. The minimum atomic E-state index is 0. The molecule has 1 rings (SSSR count). The molecule has 1 aliphatic rings. The van der Waals surface area contributed by atoms with Crippen molar-refractivity contribution in [2.45, 2.75) is 40.0 Å². The van der Waals surface area contributed by atoms with Gasteiger partial charge in [0.25, 0.3) is 0 Å². The summed E-state index contributed by atoms with van der Waals surface area (Å²) in [6.45, 7) is 9.54. The normalized spacial score (nSPS) is 31.6. The minimum absolute atomic E-state index is 0. The smallest absolute Gasteiger partial charge is 0.113 e. The van der Waals surface area contributed by atoms with Crippen LogP contribution in [0.15, 0.2) is 0 Å². The van der Waals surface area contributed by atoms with Gasteiger partial charge in [-0.3, -0.25) is 5.32 Å². The molecule has 2 unspecified atom stereocenters. The Labute approximate surface area is 75.1 Å². The van der Waals surface area contributed by atoms with Crippen molar-refractivity contribution in [2.24, 2.45) is 5.41 Å². The van der Waals surface area contributed by atoms with Gasteiger partial charge >= 0.3 is 0 Å². The van der Waals surface area contributed by atoms with Crippen molar-refractivity contribution in [2.75, 3.05) is 6.61 Å². The Kier molecular flexibility index (Phi) is 3.82. The van der Waals surface area contributed by atoms with Gasteiger partial charge < -0.3 is 4.74 Å². The highest BCUT2D eigenvalue weighted by atomic mass is 35.5. The first-order chi connectivity index (χ1) is 4.50. The van der Waals surface area contributed by atoms with Crippen LogP contribution in [0, 0.1) is 5.41 Å². The van der Waals surface area contributed by atoms with E-state index < -0.39 is 0 Å². The molecule has 3 heteroatoms. The Balaban J connectivity index is 0.000001000. The molecule has 0 bridgehead atoms. The van der Waals surface area contributed by atoms with Gasteiger partial charge in [0.2, 0.25) is 0 Å². The quantitative estimate of drug-likeness (QED) is 0.612. The summed E-state index contributed by atoms with van der Waals surface area (Å²) in [6.07, 6.45) is 0.238. The Morgan fingerprint density at radius 2 is 1.91 bits per heavy atom. The van der Waals surface area contributed by atoms with Gasteiger partial charge in [0.05, 0.1) is 6.61 Å². The van der Waals surface area contributed by atoms with Crippen LogP contribution in [0.4, 0.5) is 0 Å². The second-order valence-electron chi connectivity index (χ2n) is 4.15. The van der Waals surface area contributed by atoms with E-state index in [1.807, 2.05) is 0 Å². The van der Waals surface area contributed by atoms with Crippen LogP contribution in [0.3, 0.4) is 0 Å². The van der Waals surface area contributed by atoms with E-state index in [4.69, 9.17) is 4.74 Å². The standard InChI is InChI=1S/C8H17NO.ClH/c1-6-5-10-7(9-6)8(2,3)4;/h6-7,9H,5H2,1-4H3;1H. The Morgan fingerprint density at radius 3 is 2.09 bits per heavy atom. The van der Waals surface area contributed by atoms with Crippen molar-refractivity contribution in [1.29, 1.82) is 0 Å². The molecule has 0 radical (unpaired) electrons. The number of hydrogen-bond acceptors (Lipinski definition) is 2. The fraction of sp³-hybridized carbons (Fsp3) is 1.00. The molecule has 1 N–H and O–H groups in total. The predicted octanol–water partition coefficient (Wildman–Crippen LogP) is 1.79. The monoisotopic (exact) mass is 179 g/mol. The summed E-state index contributed by atoms with van der Waals surface area (Å²) in [5.74, 6) is 0. The molecule has 0 saturated carbocycles. The van der Waals surface area contributed by atoms with Gasteiger partial charge in [-0.1, -0.05) is 20.8 Å². The van der Waals surface area contributed by atoms with Crippen molar-refractivity contribution in [3.05, 3.63) is 0 Å². The Bertz CT molecular complexity index is 122. The summed E-state index contributed by atoms with van der Waals surface area (Å²) < 4.78 is 5.52. The molecule has 1 aliphatic heterocycles. The Hall–Kier alpha value is 0.210. The first-order valence-corrected chi connectivity index (χ1v) is 3.88. The van der Waals surface area contributed by atoms with Crippen molar-refractivity contribution in [3.63, 3.8) is 0 Å².